The molecule has 0 aliphatic rings. The van der Waals surface area contributed by atoms with Gasteiger partial charge in [-0.05, 0) is 18.6 Å². The molecule has 90 valence electrons. The Hall–Kier alpha value is -1.67. The molecular formula is C12H14N2O2S. The molecule has 1 unspecified atom stereocenters. The van der Waals surface area contributed by atoms with Crippen molar-refractivity contribution in [3.63, 3.8) is 0 Å². The Morgan fingerprint density at radius 2 is 2.29 bits per heavy atom. The summed E-state index contributed by atoms with van der Waals surface area (Å²) in [5.74, 6) is 0.549. The smallest absolute Gasteiger partial charge is 0.186 e. The summed E-state index contributed by atoms with van der Waals surface area (Å²) in [6, 6.07) is 7.29. The van der Waals surface area contributed by atoms with Crippen LogP contribution < -0.4 is 0 Å². The van der Waals surface area contributed by atoms with E-state index in [-0.39, 0.29) is 5.71 Å². The average Bonchev–Trinajstić information content (AvgIpc) is 2.36. The van der Waals surface area contributed by atoms with Crippen molar-refractivity contribution < 1.29 is 9.05 Å². The minimum atomic E-state index is -1.04. The first kappa shape index (κ1) is 13.4. The molecule has 0 aliphatic heterocycles. The van der Waals surface area contributed by atoms with Crippen molar-refractivity contribution in [3.8, 4) is 6.07 Å². The maximum atomic E-state index is 11.8. The van der Waals surface area contributed by atoms with Gasteiger partial charge >= 0.3 is 0 Å². The monoisotopic (exact) mass is 250 g/mol. The zero-order chi connectivity index (χ0) is 12.8. The third kappa shape index (κ3) is 3.14. The highest BCUT2D eigenvalue weighted by atomic mass is 32.2. The van der Waals surface area contributed by atoms with Gasteiger partial charge in [0.2, 0.25) is 0 Å². The van der Waals surface area contributed by atoms with Gasteiger partial charge in [0.05, 0.1) is 10.8 Å². The predicted octanol–water partition coefficient (Wildman–Crippen LogP) is 2.00. The Labute approximate surface area is 103 Å². The number of nitriles is 1. The summed E-state index contributed by atoms with van der Waals surface area (Å²) in [6.07, 6.45) is 0. The highest BCUT2D eigenvalue weighted by molar-refractivity contribution is 7.85. The van der Waals surface area contributed by atoms with Crippen molar-refractivity contribution in [2.45, 2.75) is 18.7 Å². The van der Waals surface area contributed by atoms with E-state index in [0.717, 1.165) is 10.5 Å². The van der Waals surface area contributed by atoms with Crippen LogP contribution in [0.4, 0.5) is 0 Å². The van der Waals surface area contributed by atoms with Crippen molar-refractivity contribution in [3.05, 3.63) is 29.3 Å². The lowest BCUT2D eigenvalue weighted by Crippen LogP contribution is -2.03. The fourth-order valence-electron chi connectivity index (χ4n) is 1.38. The van der Waals surface area contributed by atoms with Crippen molar-refractivity contribution in [2.75, 3.05) is 12.9 Å². The van der Waals surface area contributed by atoms with Gasteiger partial charge < -0.3 is 4.84 Å². The zero-order valence-electron chi connectivity index (χ0n) is 10.1. The highest BCUT2D eigenvalue weighted by Crippen LogP contribution is 2.16. The predicted molar refractivity (Wildman–Crippen MR) is 67.3 cm³/mol. The minimum Gasteiger partial charge on any atom is -0.398 e. The summed E-state index contributed by atoms with van der Waals surface area (Å²) in [5.41, 5.74) is 1.75. The van der Waals surface area contributed by atoms with Crippen molar-refractivity contribution in [1.82, 2.24) is 0 Å². The molecule has 0 amide bonds. The maximum Gasteiger partial charge on any atom is 0.186 e. The Morgan fingerprint density at radius 1 is 1.59 bits per heavy atom. The van der Waals surface area contributed by atoms with Crippen molar-refractivity contribution in [1.29, 1.82) is 5.26 Å². The van der Waals surface area contributed by atoms with E-state index in [1.54, 1.807) is 12.1 Å². The molecule has 0 aliphatic carbocycles. The molecule has 0 spiro atoms. The van der Waals surface area contributed by atoms with Crippen LogP contribution in [0.5, 0.6) is 0 Å². The van der Waals surface area contributed by atoms with Crippen LogP contribution in [0.2, 0.25) is 0 Å². The molecule has 0 fully saturated rings. The van der Waals surface area contributed by atoms with Crippen LogP contribution in [0.15, 0.2) is 28.3 Å². The minimum absolute atomic E-state index is 0.182. The van der Waals surface area contributed by atoms with Crippen LogP contribution in [0.1, 0.15) is 18.1 Å². The van der Waals surface area contributed by atoms with E-state index in [0.29, 0.717) is 11.3 Å². The maximum absolute atomic E-state index is 11.8. The quantitative estimate of drug-likeness (QED) is 0.606. The summed E-state index contributed by atoms with van der Waals surface area (Å²) in [6.45, 7) is 3.75. The first-order valence-corrected chi connectivity index (χ1v) is 6.46. The second-order valence-electron chi connectivity index (χ2n) is 3.35. The van der Waals surface area contributed by atoms with Crippen molar-refractivity contribution >= 4 is 16.5 Å². The van der Waals surface area contributed by atoms with E-state index in [4.69, 9.17) is 5.26 Å². The first-order chi connectivity index (χ1) is 8.13. The molecule has 1 atom stereocenters. The second-order valence-corrected chi connectivity index (χ2v) is 5.06. The molecule has 4 nitrogen and oxygen atoms in total. The van der Waals surface area contributed by atoms with Gasteiger partial charge in [-0.3, -0.25) is 4.21 Å². The first-order valence-electron chi connectivity index (χ1n) is 5.14. The van der Waals surface area contributed by atoms with Crippen LogP contribution in [0, 0.1) is 18.3 Å². The van der Waals surface area contributed by atoms with E-state index in [1.165, 1.54) is 7.11 Å². The van der Waals surface area contributed by atoms with Gasteiger partial charge in [0.15, 0.2) is 5.71 Å². The number of rotatable bonds is 4. The standard InChI is InChI=1S/C12H14N2O2S/c1-4-17(15)12-7-10(6-5-9(12)2)11(8-13)14-16-3/h5-7H,4H2,1-3H3/b14-11+. The summed E-state index contributed by atoms with van der Waals surface area (Å²) >= 11 is 0. The van der Waals surface area contributed by atoms with Crippen LogP contribution in [-0.4, -0.2) is 22.8 Å². The summed E-state index contributed by atoms with van der Waals surface area (Å²) in [5, 5.41) is 12.6. The Balaban J connectivity index is 3.26. The van der Waals surface area contributed by atoms with Crippen LogP contribution >= 0.6 is 0 Å². The number of benzene rings is 1. The number of aryl methyl sites for hydroxylation is 1. The van der Waals surface area contributed by atoms with Gasteiger partial charge in [0.25, 0.3) is 0 Å². The summed E-state index contributed by atoms with van der Waals surface area (Å²) < 4.78 is 11.8. The lowest BCUT2D eigenvalue weighted by atomic mass is 10.1. The summed E-state index contributed by atoms with van der Waals surface area (Å²) in [4.78, 5) is 5.34. The molecule has 17 heavy (non-hydrogen) atoms. The normalized spacial score (nSPS) is 12.9. The van der Waals surface area contributed by atoms with Crippen LogP contribution in [0.3, 0.4) is 0 Å². The lowest BCUT2D eigenvalue weighted by molar-refractivity contribution is 0.214. The fraction of sp³-hybridized carbons (Fsp3) is 0.333. The van der Waals surface area contributed by atoms with Crippen molar-refractivity contribution in [2.24, 2.45) is 5.16 Å². The third-order valence-electron chi connectivity index (χ3n) is 2.26. The van der Waals surface area contributed by atoms with Gasteiger partial charge in [-0.1, -0.05) is 24.2 Å². The van der Waals surface area contributed by atoms with E-state index in [9.17, 15) is 4.21 Å². The number of nitrogens with zero attached hydrogens (tertiary/aromatic N) is 2. The second kappa shape index (κ2) is 6.16. The molecule has 1 aromatic rings. The topological polar surface area (TPSA) is 62.5 Å². The molecule has 1 aromatic carbocycles. The van der Waals surface area contributed by atoms with E-state index < -0.39 is 10.8 Å². The molecule has 0 heterocycles. The molecule has 0 bridgehead atoms. The number of hydrogen-bond donors (Lipinski definition) is 0. The summed E-state index contributed by atoms with van der Waals surface area (Å²) in [7, 11) is 0.346. The fourth-order valence-corrected chi connectivity index (χ4v) is 2.37. The van der Waals surface area contributed by atoms with Gasteiger partial charge in [-0.2, -0.15) is 5.26 Å². The zero-order valence-corrected chi connectivity index (χ0v) is 10.9. The van der Waals surface area contributed by atoms with E-state index in [1.807, 2.05) is 26.0 Å². The number of hydrogen-bond acceptors (Lipinski definition) is 4. The SMILES string of the molecule is CCS(=O)c1cc(/C(C#N)=N/OC)ccc1C. The molecule has 0 radical (unpaired) electrons. The largest absolute Gasteiger partial charge is 0.398 e. The van der Waals surface area contributed by atoms with Gasteiger partial charge in [0, 0.05) is 16.2 Å². The van der Waals surface area contributed by atoms with Gasteiger partial charge in [0.1, 0.15) is 13.2 Å². The lowest BCUT2D eigenvalue weighted by Gasteiger charge is -2.06. The Kier molecular flexibility index (Phi) is 4.85. The Morgan fingerprint density at radius 3 is 2.82 bits per heavy atom. The average molecular weight is 250 g/mol. The Bertz CT molecular complexity index is 504. The molecule has 0 aromatic heterocycles. The van der Waals surface area contributed by atoms with E-state index in [2.05, 4.69) is 9.99 Å². The molecule has 0 saturated heterocycles. The third-order valence-corrected chi connectivity index (χ3v) is 3.71. The highest BCUT2D eigenvalue weighted by Gasteiger charge is 2.10. The van der Waals surface area contributed by atoms with Crippen LogP contribution in [-0.2, 0) is 15.6 Å². The molecule has 0 N–H and O–H groups in total. The number of oxime groups is 1. The van der Waals surface area contributed by atoms with Gasteiger partial charge in [-0.15, -0.1) is 0 Å². The van der Waals surface area contributed by atoms with Crippen LogP contribution in [0.25, 0.3) is 0 Å². The molecule has 5 heteroatoms. The van der Waals surface area contributed by atoms with Gasteiger partial charge in [-0.25, -0.2) is 0 Å². The van der Waals surface area contributed by atoms with E-state index >= 15 is 0 Å². The molecule has 1 rings (SSSR count). The molecule has 0 saturated carbocycles. The molecular weight excluding hydrogens is 236 g/mol.